The van der Waals surface area contributed by atoms with E-state index in [9.17, 15) is 5.11 Å². The molecule has 0 saturated heterocycles. The van der Waals surface area contributed by atoms with Gasteiger partial charge in [-0.25, -0.2) is 0 Å². The van der Waals surface area contributed by atoms with Crippen molar-refractivity contribution in [2.75, 3.05) is 6.61 Å². The highest BCUT2D eigenvalue weighted by Crippen LogP contribution is 2.31. The molecular weight excluding hydrogens is 240 g/mol. The van der Waals surface area contributed by atoms with E-state index in [1.54, 1.807) is 0 Å². The van der Waals surface area contributed by atoms with Crippen molar-refractivity contribution in [2.24, 2.45) is 5.92 Å². The second kappa shape index (κ2) is 7.51. The number of ether oxygens (including phenoxy) is 2. The van der Waals surface area contributed by atoms with Crippen molar-refractivity contribution in [1.82, 2.24) is 0 Å². The monoisotopic (exact) mass is 266 g/mol. The minimum Gasteiger partial charge on any atom is -0.491 e. The Morgan fingerprint density at radius 2 is 1.74 bits per heavy atom. The molecule has 0 amide bonds. The highest BCUT2D eigenvalue weighted by atomic mass is 16.5. The van der Waals surface area contributed by atoms with E-state index < -0.39 is 6.10 Å². The second-order valence-electron chi connectivity index (χ2n) is 5.31. The number of rotatable bonds is 7. The van der Waals surface area contributed by atoms with Crippen molar-refractivity contribution in [1.29, 1.82) is 0 Å². The van der Waals surface area contributed by atoms with Crippen LogP contribution in [-0.4, -0.2) is 23.9 Å². The maximum absolute atomic E-state index is 10.6. The van der Waals surface area contributed by atoms with E-state index in [2.05, 4.69) is 13.8 Å². The lowest BCUT2D eigenvalue weighted by Gasteiger charge is -2.28. The smallest absolute Gasteiger partial charge is 0.125 e. The SMILES string of the molecule is CCOC(C(C)C)C(O)c1ccccc1OC(C)C. The summed E-state index contributed by atoms with van der Waals surface area (Å²) in [7, 11) is 0. The lowest BCUT2D eigenvalue weighted by Crippen LogP contribution is -2.28. The van der Waals surface area contributed by atoms with Gasteiger partial charge in [-0.1, -0.05) is 32.0 Å². The molecule has 0 aromatic heterocycles. The zero-order valence-electron chi connectivity index (χ0n) is 12.6. The van der Waals surface area contributed by atoms with Gasteiger partial charge in [0.15, 0.2) is 0 Å². The Morgan fingerprint density at radius 3 is 2.26 bits per heavy atom. The van der Waals surface area contributed by atoms with Crippen molar-refractivity contribution in [2.45, 2.75) is 52.9 Å². The zero-order chi connectivity index (χ0) is 14.4. The van der Waals surface area contributed by atoms with Crippen molar-refractivity contribution < 1.29 is 14.6 Å². The molecule has 1 N–H and O–H groups in total. The molecule has 0 bridgehead atoms. The summed E-state index contributed by atoms with van der Waals surface area (Å²) in [5.41, 5.74) is 0.795. The van der Waals surface area contributed by atoms with Crippen LogP contribution < -0.4 is 4.74 Å². The van der Waals surface area contributed by atoms with Gasteiger partial charge in [-0.3, -0.25) is 0 Å². The van der Waals surface area contributed by atoms with Crippen LogP contribution in [0.4, 0.5) is 0 Å². The minimum absolute atomic E-state index is 0.0814. The van der Waals surface area contributed by atoms with Crippen molar-refractivity contribution in [3.05, 3.63) is 29.8 Å². The second-order valence-corrected chi connectivity index (χ2v) is 5.31. The fourth-order valence-corrected chi connectivity index (χ4v) is 2.10. The summed E-state index contributed by atoms with van der Waals surface area (Å²) < 4.78 is 11.4. The predicted octanol–water partition coefficient (Wildman–Crippen LogP) is 3.57. The van der Waals surface area contributed by atoms with Crippen LogP contribution >= 0.6 is 0 Å². The molecule has 2 atom stereocenters. The Hall–Kier alpha value is -1.06. The summed E-state index contributed by atoms with van der Waals surface area (Å²) in [4.78, 5) is 0. The number of hydrogen-bond donors (Lipinski definition) is 1. The molecule has 19 heavy (non-hydrogen) atoms. The van der Waals surface area contributed by atoms with Crippen LogP contribution in [0.15, 0.2) is 24.3 Å². The molecule has 2 unspecified atom stereocenters. The van der Waals surface area contributed by atoms with Gasteiger partial charge in [-0.05, 0) is 32.8 Å². The predicted molar refractivity (Wildman–Crippen MR) is 77.4 cm³/mol. The standard InChI is InChI=1S/C16H26O3/c1-6-18-16(11(2)3)15(17)13-9-7-8-10-14(13)19-12(4)5/h7-12,15-17H,6H2,1-5H3. The van der Waals surface area contributed by atoms with E-state index in [0.29, 0.717) is 6.61 Å². The first-order valence-electron chi connectivity index (χ1n) is 7.02. The third-order valence-electron chi connectivity index (χ3n) is 2.93. The van der Waals surface area contributed by atoms with Crippen LogP contribution in [0.25, 0.3) is 0 Å². The number of benzene rings is 1. The van der Waals surface area contributed by atoms with Gasteiger partial charge in [0.05, 0.1) is 12.2 Å². The van der Waals surface area contributed by atoms with Crippen LogP contribution in [0, 0.1) is 5.92 Å². The average Bonchev–Trinajstić information content (AvgIpc) is 2.34. The van der Waals surface area contributed by atoms with E-state index in [0.717, 1.165) is 11.3 Å². The number of aliphatic hydroxyl groups excluding tert-OH is 1. The Bertz CT molecular complexity index is 374. The summed E-state index contributed by atoms with van der Waals surface area (Å²) in [6, 6.07) is 7.62. The van der Waals surface area contributed by atoms with Crippen LogP contribution in [0.2, 0.25) is 0 Å². The van der Waals surface area contributed by atoms with Gasteiger partial charge in [0, 0.05) is 12.2 Å². The first-order chi connectivity index (χ1) is 8.97. The number of para-hydroxylation sites is 1. The highest BCUT2D eigenvalue weighted by molar-refractivity contribution is 5.35. The average molecular weight is 266 g/mol. The van der Waals surface area contributed by atoms with Gasteiger partial charge in [-0.2, -0.15) is 0 Å². The molecule has 3 heteroatoms. The summed E-state index contributed by atoms with van der Waals surface area (Å²) in [5.74, 6) is 0.970. The van der Waals surface area contributed by atoms with Crippen LogP contribution in [-0.2, 0) is 4.74 Å². The van der Waals surface area contributed by atoms with Crippen LogP contribution in [0.5, 0.6) is 5.75 Å². The topological polar surface area (TPSA) is 38.7 Å². The molecule has 0 aliphatic rings. The van der Waals surface area contributed by atoms with Crippen LogP contribution in [0.1, 0.15) is 46.3 Å². The molecular formula is C16H26O3. The molecule has 1 aromatic carbocycles. The first-order valence-corrected chi connectivity index (χ1v) is 7.02. The largest absolute Gasteiger partial charge is 0.491 e. The normalized spacial score (nSPS) is 14.7. The van der Waals surface area contributed by atoms with Crippen molar-refractivity contribution >= 4 is 0 Å². The highest BCUT2D eigenvalue weighted by Gasteiger charge is 2.27. The van der Waals surface area contributed by atoms with Gasteiger partial charge in [-0.15, -0.1) is 0 Å². The molecule has 0 radical (unpaired) electrons. The summed E-state index contributed by atoms with van der Waals surface area (Å²) in [6.07, 6.45) is -0.810. The summed E-state index contributed by atoms with van der Waals surface area (Å²) >= 11 is 0. The van der Waals surface area contributed by atoms with Gasteiger partial charge in [0.25, 0.3) is 0 Å². The minimum atomic E-state index is -0.671. The van der Waals surface area contributed by atoms with Gasteiger partial charge in [0.2, 0.25) is 0 Å². The molecule has 1 aromatic rings. The molecule has 0 fully saturated rings. The van der Waals surface area contributed by atoms with E-state index in [-0.39, 0.29) is 18.1 Å². The van der Waals surface area contributed by atoms with Gasteiger partial charge >= 0.3 is 0 Å². The molecule has 0 saturated carbocycles. The molecule has 0 aliphatic carbocycles. The molecule has 0 heterocycles. The maximum Gasteiger partial charge on any atom is 0.125 e. The molecule has 0 spiro atoms. The number of aliphatic hydroxyl groups is 1. The Morgan fingerprint density at radius 1 is 1.11 bits per heavy atom. The lowest BCUT2D eigenvalue weighted by molar-refractivity contribution is -0.0595. The molecule has 1 rings (SSSR count). The fraction of sp³-hybridized carbons (Fsp3) is 0.625. The van der Waals surface area contributed by atoms with Gasteiger partial charge < -0.3 is 14.6 Å². The summed E-state index contributed by atoms with van der Waals surface area (Å²) in [5, 5.41) is 10.6. The lowest BCUT2D eigenvalue weighted by atomic mass is 9.95. The van der Waals surface area contributed by atoms with Crippen molar-refractivity contribution in [3.63, 3.8) is 0 Å². The van der Waals surface area contributed by atoms with E-state index in [4.69, 9.17) is 9.47 Å². The van der Waals surface area contributed by atoms with E-state index in [1.165, 1.54) is 0 Å². The Labute approximate surface area is 116 Å². The third kappa shape index (κ3) is 4.51. The quantitative estimate of drug-likeness (QED) is 0.820. The van der Waals surface area contributed by atoms with Crippen molar-refractivity contribution in [3.8, 4) is 5.75 Å². The van der Waals surface area contributed by atoms with Gasteiger partial charge in [0.1, 0.15) is 11.9 Å². The summed E-state index contributed by atoms with van der Waals surface area (Å²) in [6.45, 7) is 10.6. The zero-order valence-corrected chi connectivity index (χ0v) is 12.6. The van der Waals surface area contributed by atoms with Crippen LogP contribution in [0.3, 0.4) is 0 Å². The Kier molecular flexibility index (Phi) is 6.32. The fourth-order valence-electron chi connectivity index (χ4n) is 2.10. The van der Waals surface area contributed by atoms with E-state index >= 15 is 0 Å². The first kappa shape index (κ1) is 16.0. The Balaban J connectivity index is 2.99. The molecule has 108 valence electrons. The third-order valence-corrected chi connectivity index (χ3v) is 2.93. The molecule has 3 nitrogen and oxygen atoms in total. The molecule has 0 aliphatic heterocycles. The maximum atomic E-state index is 10.6. The number of hydrogen-bond acceptors (Lipinski definition) is 3. The van der Waals surface area contributed by atoms with E-state index in [1.807, 2.05) is 45.0 Å².